The minimum absolute atomic E-state index is 0.00565. The summed E-state index contributed by atoms with van der Waals surface area (Å²) in [4.78, 5) is 0. The first-order valence-corrected chi connectivity index (χ1v) is 6.18. The molecule has 0 spiro atoms. The lowest BCUT2D eigenvalue weighted by molar-refractivity contribution is -0.137. The molecule has 0 aliphatic rings. The highest BCUT2D eigenvalue weighted by molar-refractivity contribution is 5.53. The Morgan fingerprint density at radius 2 is 1.84 bits per heavy atom. The van der Waals surface area contributed by atoms with Crippen LogP contribution < -0.4 is 5.32 Å². The Balaban J connectivity index is 2.90. The molecule has 19 heavy (non-hydrogen) atoms. The van der Waals surface area contributed by atoms with Crippen LogP contribution in [0.3, 0.4) is 0 Å². The maximum absolute atomic E-state index is 12.6. The molecule has 0 amide bonds. The number of nitrogens with one attached hydrogen (secondary N) is 1. The van der Waals surface area contributed by atoms with Gasteiger partial charge in [0.1, 0.15) is 0 Å². The highest BCUT2D eigenvalue weighted by Gasteiger charge is 2.31. The topological polar surface area (TPSA) is 32.3 Å². The Labute approximate surface area is 111 Å². The highest BCUT2D eigenvalue weighted by Crippen LogP contribution is 2.32. The Morgan fingerprint density at radius 3 is 2.32 bits per heavy atom. The minimum Gasteiger partial charge on any atom is -0.388 e. The van der Waals surface area contributed by atoms with Gasteiger partial charge in [-0.1, -0.05) is 19.9 Å². The average Bonchev–Trinajstić information content (AvgIpc) is 2.26. The number of benzene rings is 1. The quantitative estimate of drug-likeness (QED) is 0.875. The highest BCUT2D eigenvalue weighted by atomic mass is 19.4. The van der Waals surface area contributed by atoms with Crippen molar-refractivity contribution >= 4 is 5.69 Å². The fourth-order valence-electron chi connectivity index (χ4n) is 1.47. The zero-order valence-corrected chi connectivity index (χ0v) is 11.6. The summed E-state index contributed by atoms with van der Waals surface area (Å²) < 4.78 is 37.9. The Hall–Kier alpha value is -1.23. The molecule has 0 aliphatic heterocycles. The van der Waals surface area contributed by atoms with Crippen molar-refractivity contribution in [1.29, 1.82) is 0 Å². The molecule has 1 atom stereocenters. The predicted molar refractivity (Wildman–Crippen MR) is 70.1 cm³/mol. The largest absolute Gasteiger partial charge is 0.416 e. The zero-order valence-electron chi connectivity index (χ0n) is 11.6. The standard InChI is InChI=1S/C14H20F3NO/c1-9(2)13(4,19)8-18-12-7-11(14(15,16)17)6-5-10(12)3/h5-7,9,18-19H,8H2,1-4H3. The maximum atomic E-state index is 12.6. The first-order chi connectivity index (χ1) is 8.54. The Morgan fingerprint density at radius 1 is 1.26 bits per heavy atom. The van der Waals surface area contributed by atoms with Crippen LogP contribution in [0.5, 0.6) is 0 Å². The molecule has 5 heteroatoms. The Bertz CT molecular complexity index is 439. The number of anilines is 1. The lowest BCUT2D eigenvalue weighted by Crippen LogP contribution is -2.38. The summed E-state index contributed by atoms with van der Waals surface area (Å²) >= 11 is 0. The van der Waals surface area contributed by atoms with Crippen molar-refractivity contribution in [3.63, 3.8) is 0 Å². The molecule has 108 valence electrons. The van der Waals surface area contributed by atoms with Gasteiger partial charge < -0.3 is 10.4 Å². The normalized spacial score (nSPS) is 15.4. The van der Waals surface area contributed by atoms with Gasteiger partial charge in [-0.15, -0.1) is 0 Å². The third-order valence-corrected chi connectivity index (χ3v) is 3.45. The monoisotopic (exact) mass is 275 g/mol. The molecule has 0 saturated heterocycles. The summed E-state index contributed by atoms with van der Waals surface area (Å²) in [6, 6.07) is 3.56. The lowest BCUT2D eigenvalue weighted by Gasteiger charge is -2.28. The second-order valence-corrected chi connectivity index (χ2v) is 5.39. The van der Waals surface area contributed by atoms with Crippen LogP contribution in [0.1, 0.15) is 31.9 Å². The van der Waals surface area contributed by atoms with Crippen molar-refractivity contribution in [3.8, 4) is 0 Å². The average molecular weight is 275 g/mol. The molecular formula is C14H20F3NO. The van der Waals surface area contributed by atoms with Crippen LogP contribution in [0.15, 0.2) is 18.2 Å². The van der Waals surface area contributed by atoms with E-state index in [1.54, 1.807) is 13.8 Å². The van der Waals surface area contributed by atoms with E-state index >= 15 is 0 Å². The first-order valence-electron chi connectivity index (χ1n) is 6.18. The van der Waals surface area contributed by atoms with Gasteiger partial charge in [0.05, 0.1) is 11.2 Å². The number of alkyl halides is 3. The van der Waals surface area contributed by atoms with E-state index in [-0.39, 0.29) is 12.5 Å². The van der Waals surface area contributed by atoms with Gasteiger partial charge in [0.25, 0.3) is 0 Å². The summed E-state index contributed by atoms with van der Waals surface area (Å²) in [6.45, 7) is 7.31. The van der Waals surface area contributed by atoms with E-state index in [0.29, 0.717) is 11.3 Å². The van der Waals surface area contributed by atoms with E-state index in [4.69, 9.17) is 0 Å². The van der Waals surface area contributed by atoms with Crippen LogP contribution >= 0.6 is 0 Å². The van der Waals surface area contributed by atoms with Gasteiger partial charge in [-0.25, -0.2) is 0 Å². The van der Waals surface area contributed by atoms with Crippen molar-refractivity contribution in [2.45, 2.75) is 39.5 Å². The smallest absolute Gasteiger partial charge is 0.388 e. The third-order valence-electron chi connectivity index (χ3n) is 3.45. The van der Waals surface area contributed by atoms with Crippen molar-refractivity contribution < 1.29 is 18.3 Å². The van der Waals surface area contributed by atoms with Crippen molar-refractivity contribution in [2.75, 3.05) is 11.9 Å². The van der Waals surface area contributed by atoms with Crippen LogP contribution in [0.4, 0.5) is 18.9 Å². The van der Waals surface area contributed by atoms with Gasteiger partial charge in [-0.3, -0.25) is 0 Å². The molecule has 1 aromatic carbocycles. The van der Waals surface area contributed by atoms with Crippen LogP contribution in [0, 0.1) is 12.8 Å². The van der Waals surface area contributed by atoms with E-state index in [2.05, 4.69) is 5.32 Å². The fourth-order valence-corrected chi connectivity index (χ4v) is 1.47. The summed E-state index contributed by atoms with van der Waals surface area (Å²) in [5.74, 6) is 0.00565. The zero-order chi connectivity index (χ0) is 14.8. The van der Waals surface area contributed by atoms with Crippen LogP contribution in [0.25, 0.3) is 0 Å². The molecule has 0 aromatic heterocycles. The van der Waals surface area contributed by atoms with E-state index < -0.39 is 17.3 Å². The number of hydrogen-bond acceptors (Lipinski definition) is 2. The predicted octanol–water partition coefficient (Wildman–Crippen LogP) is 3.83. The van der Waals surface area contributed by atoms with Crippen molar-refractivity contribution in [2.24, 2.45) is 5.92 Å². The second-order valence-electron chi connectivity index (χ2n) is 5.39. The molecule has 2 nitrogen and oxygen atoms in total. The van der Waals surface area contributed by atoms with Crippen molar-refractivity contribution in [1.82, 2.24) is 0 Å². The number of halogens is 3. The van der Waals surface area contributed by atoms with E-state index in [0.717, 1.165) is 12.1 Å². The third kappa shape index (κ3) is 4.13. The van der Waals surface area contributed by atoms with Gasteiger partial charge in [0.15, 0.2) is 0 Å². The molecule has 1 rings (SSSR count). The van der Waals surface area contributed by atoms with Gasteiger partial charge in [0, 0.05) is 12.2 Å². The minimum atomic E-state index is -4.36. The molecule has 0 fully saturated rings. The van der Waals surface area contributed by atoms with Crippen LogP contribution in [0.2, 0.25) is 0 Å². The number of rotatable bonds is 4. The van der Waals surface area contributed by atoms with Gasteiger partial charge >= 0.3 is 6.18 Å². The number of hydrogen-bond donors (Lipinski definition) is 2. The molecule has 2 N–H and O–H groups in total. The van der Waals surface area contributed by atoms with Gasteiger partial charge in [-0.2, -0.15) is 13.2 Å². The maximum Gasteiger partial charge on any atom is 0.416 e. The molecule has 0 radical (unpaired) electrons. The van der Waals surface area contributed by atoms with E-state index in [1.807, 2.05) is 13.8 Å². The molecule has 0 heterocycles. The molecule has 0 bridgehead atoms. The first kappa shape index (κ1) is 15.8. The molecule has 0 saturated carbocycles. The molecular weight excluding hydrogens is 255 g/mol. The molecule has 1 aromatic rings. The fraction of sp³-hybridized carbons (Fsp3) is 0.571. The molecule has 1 unspecified atom stereocenters. The summed E-state index contributed by atoms with van der Waals surface area (Å²) in [7, 11) is 0. The van der Waals surface area contributed by atoms with E-state index in [9.17, 15) is 18.3 Å². The Kier molecular flexibility index (Phi) is 4.50. The van der Waals surface area contributed by atoms with Crippen LogP contribution in [-0.4, -0.2) is 17.3 Å². The van der Waals surface area contributed by atoms with Crippen LogP contribution in [-0.2, 0) is 6.18 Å². The SMILES string of the molecule is Cc1ccc(C(F)(F)F)cc1NCC(C)(O)C(C)C. The summed E-state index contributed by atoms with van der Waals surface area (Å²) in [5, 5.41) is 13.0. The van der Waals surface area contributed by atoms with Gasteiger partial charge in [-0.05, 0) is 37.5 Å². The van der Waals surface area contributed by atoms with Crippen molar-refractivity contribution in [3.05, 3.63) is 29.3 Å². The second kappa shape index (κ2) is 5.41. The number of aryl methyl sites for hydroxylation is 1. The summed E-state index contributed by atoms with van der Waals surface area (Å²) in [6.07, 6.45) is -4.36. The van der Waals surface area contributed by atoms with Gasteiger partial charge in [0.2, 0.25) is 0 Å². The lowest BCUT2D eigenvalue weighted by atomic mass is 9.92. The molecule has 0 aliphatic carbocycles. The summed E-state index contributed by atoms with van der Waals surface area (Å²) in [5.41, 5.74) is -0.547. The van der Waals surface area contributed by atoms with E-state index in [1.165, 1.54) is 6.07 Å². The number of aliphatic hydroxyl groups is 1.